The average Bonchev–Trinajstić information content (AvgIpc) is 3.20. The first-order chi connectivity index (χ1) is 27.4. The average molecular weight is 793 g/mol. The highest BCUT2D eigenvalue weighted by Crippen LogP contribution is 2.26. The van der Waals surface area contributed by atoms with Crippen molar-refractivity contribution in [1.82, 2.24) is 0 Å². The van der Waals surface area contributed by atoms with Crippen molar-refractivity contribution in [3.63, 3.8) is 0 Å². The largest absolute Gasteiger partial charge is 0.481 e. The number of unbranched alkanes of at least 4 members (excludes halogenated alkanes) is 29. The molecule has 0 radical (unpaired) electrons. The molecule has 1 N–H and O–H groups in total. The normalized spacial score (nSPS) is 12.9. The number of carbonyl (C=O) groups excluding carboxylic acids is 1. The minimum Gasteiger partial charge on any atom is -0.481 e. The van der Waals surface area contributed by atoms with Crippen LogP contribution in [0.1, 0.15) is 298 Å². The lowest BCUT2D eigenvalue weighted by atomic mass is 9.86. The fraction of sp³-hybridized carbons (Fsp3) is 0.962. The van der Waals surface area contributed by atoms with Gasteiger partial charge in [0, 0.05) is 6.42 Å². The van der Waals surface area contributed by atoms with Crippen LogP contribution in [0.4, 0.5) is 0 Å². The van der Waals surface area contributed by atoms with E-state index in [9.17, 15) is 14.7 Å². The first kappa shape index (κ1) is 57.0. The monoisotopic (exact) mass is 793 g/mol. The third-order valence-corrected chi connectivity index (χ3v) is 12.4. The molecular formula is C52H104O4. The molecule has 0 rings (SSSR count). The first-order valence-electron chi connectivity index (χ1n) is 25.8. The van der Waals surface area contributed by atoms with E-state index in [1.807, 2.05) is 0 Å². The van der Waals surface area contributed by atoms with E-state index in [0.29, 0.717) is 24.9 Å². The second kappa shape index (κ2) is 48.3. The maximum atomic E-state index is 11.8. The Morgan fingerprint density at radius 3 is 1.05 bits per heavy atom. The second-order valence-corrected chi connectivity index (χ2v) is 17.9. The highest BCUT2D eigenvalue weighted by molar-refractivity contribution is 5.70. The minimum atomic E-state index is -0.565. The van der Waals surface area contributed by atoms with Crippen LogP contribution in [-0.4, -0.2) is 23.7 Å². The van der Waals surface area contributed by atoms with E-state index in [-0.39, 0.29) is 11.9 Å². The van der Waals surface area contributed by atoms with Crippen LogP contribution in [0.25, 0.3) is 0 Å². The van der Waals surface area contributed by atoms with Gasteiger partial charge in [0.25, 0.3) is 0 Å². The molecule has 0 fully saturated rings. The summed E-state index contributed by atoms with van der Waals surface area (Å²) in [4.78, 5) is 23.4. The van der Waals surface area contributed by atoms with E-state index in [2.05, 4.69) is 41.5 Å². The summed E-state index contributed by atoms with van der Waals surface area (Å²) >= 11 is 0. The molecule has 0 aliphatic heterocycles. The molecule has 336 valence electrons. The lowest BCUT2D eigenvalue weighted by Gasteiger charge is -2.19. The summed E-state index contributed by atoms with van der Waals surface area (Å²) in [5.74, 6) is 0.506. The van der Waals surface area contributed by atoms with Crippen molar-refractivity contribution in [2.24, 2.45) is 17.8 Å². The van der Waals surface area contributed by atoms with Crippen LogP contribution in [0, 0.1) is 17.8 Å². The highest BCUT2D eigenvalue weighted by Gasteiger charge is 2.21. The van der Waals surface area contributed by atoms with E-state index in [1.165, 1.54) is 212 Å². The van der Waals surface area contributed by atoms with Crippen LogP contribution in [0.15, 0.2) is 0 Å². The van der Waals surface area contributed by atoms with Gasteiger partial charge in [-0.25, -0.2) is 0 Å². The number of aliphatic carboxylic acids is 1. The van der Waals surface area contributed by atoms with Crippen molar-refractivity contribution in [2.75, 3.05) is 6.61 Å². The summed E-state index contributed by atoms with van der Waals surface area (Å²) < 4.78 is 5.47. The Morgan fingerprint density at radius 2 is 0.714 bits per heavy atom. The molecule has 0 bridgehead atoms. The lowest BCUT2D eigenvalue weighted by molar-refractivity contribution is -0.145. The van der Waals surface area contributed by atoms with Crippen molar-refractivity contribution in [2.45, 2.75) is 298 Å². The summed E-state index contributed by atoms with van der Waals surface area (Å²) in [6, 6.07) is 0. The van der Waals surface area contributed by atoms with Crippen molar-refractivity contribution >= 4 is 11.9 Å². The molecule has 0 aliphatic rings. The molecule has 0 saturated heterocycles. The first-order valence-corrected chi connectivity index (χ1v) is 25.8. The molecule has 0 saturated carbocycles. The molecule has 3 atom stereocenters. The van der Waals surface area contributed by atoms with Crippen molar-refractivity contribution in [1.29, 1.82) is 0 Å². The Bertz CT molecular complexity index is 764. The number of carboxylic acid groups (broad SMARTS) is 1. The van der Waals surface area contributed by atoms with E-state index < -0.39 is 5.97 Å². The van der Waals surface area contributed by atoms with Crippen LogP contribution in [0.2, 0.25) is 0 Å². The van der Waals surface area contributed by atoms with Gasteiger partial charge < -0.3 is 9.84 Å². The summed E-state index contributed by atoms with van der Waals surface area (Å²) in [5.41, 5.74) is 0. The summed E-state index contributed by atoms with van der Waals surface area (Å²) in [7, 11) is 0. The molecule has 0 amide bonds. The van der Waals surface area contributed by atoms with Gasteiger partial charge >= 0.3 is 11.9 Å². The van der Waals surface area contributed by atoms with E-state index >= 15 is 0 Å². The van der Waals surface area contributed by atoms with Crippen LogP contribution in [0.5, 0.6) is 0 Å². The van der Waals surface area contributed by atoms with Gasteiger partial charge in [-0.3, -0.25) is 9.59 Å². The summed E-state index contributed by atoms with van der Waals surface area (Å²) in [5, 5.41) is 9.55. The zero-order valence-corrected chi connectivity index (χ0v) is 39.4. The third kappa shape index (κ3) is 44.1. The Kier molecular flexibility index (Phi) is 49.2. The molecule has 0 spiro atoms. The lowest BCUT2D eigenvalue weighted by Crippen LogP contribution is -2.18. The third-order valence-electron chi connectivity index (χ3n) is 12.4. The van der Waals surface area contributed by atoms with Crippen molar-refractivity contribution < 1.29 is 19.4 Å². The van der Waals surface area contributed by atoms with Gasteiger partial charge in [-0.1, -0.05) is 266 Å². The Labute approximate surface area is 353 Å². The number of carbonyl (C=O) groups is 2. The zero-order chi connectivity index (χ0) is 41.6. The minimum absolute atomic E-state index is 0.0182. The predicted molar refractivity (Wildman–Crippen MR) is 248 cm³/mol. The quantitative estimate of drug-likeness (QED) is 0.0493. The number of ether oxygens (including phenoxy) is 1. The van der Waals surface area contributed by atoms with Crippen LogP contribution in [-0.2, 0) is 14.3 Å². The zero-order valence-electron chi connectivity index (χ0n) is 39.4. The Hall–Kier alpha value is -1.06. The topological polar surface area (TPSA) is 63.6 Å². The number of esters is 1. The fourth-order valence-electron chi connectivity index (χ4n) is 8.13. The maximum absolute atomic E-state index is 11.8. The maximum Gasteiger partial charge on any atom is 0.306 e. The molecule has 0 aromatic rings. The molecule has 4 nitrogen and oxygen atoms in total. The van der Waals surface area contributed by atoms with E-state index in [4.69, 9.17) is 4.74 Å². The van der Waals surface area contributed by atoms with Gasteiger partial charge in [0.05, 0.1) is 12.5 Å². The fourth-order valence-corrected chi connectivity index (χ4v) is 8.13. The van der Waals surface area contributed by atoms with Gasteiger partial charge in [-0.2, -0.15) is 0 Å². The molecular weight excluding hydrogens is 689 g/mol. The van der Waals surface area contributed by atoms with Crippen LogP contribution in [0.3, 0.4) is 0 Å². The number of rotatable bonds is 44. The summed E-state index contributed by atoms with van der Waals surface area (Å²) in [6.45, 7) is 14.0. The van der Waals surface area contributed by atoms with Gasteiger partial charge in [0.15, 0.2) is 0 Å². The van der Waals surface area contributed by atoms with Crippen LogP contribution < -0.4 is 0 Å². The molecule has 0 aromatic heterocycles. The van der Waals surface area contributed by atoms with Crippen molar-refractivity contribution in [3.05, 3.63) is 0 Å². The Morgan fingerprint density at radius 1 is 0.393 bits per heavy atom. The standard InChI is InChI=1S/2C26H52O2/c1-4-7-9-10-11-12-13-14-15-16-17-18-19-20-21-23-26(27)28-24-25(6-3)22-8-5-2;1-4-7-9-10-11-12-13-14-15-16-17-18-19-20-22-25(26(27)28)23-24(6-3)21-8-5-2/h25H,4-24H2,1-3H3;24-25H,4-23H2,1-3H3,(H,27,28). The SMILES string of the molecule is CCCCCCCCCCCCCCCCC(CC(CC)CCCC)C(=O)O.CCCCCCCCCCCCCCCCCC(=O)OCC(CC)CCCC. The highest BCUT2D eigenvalue weighted by atomic mass is 16.5. The smallest absolute Gasteiger partial charge is 0.306 e. The number of hydrogen-bond acceptors (Lipinski definition) is 3. The number of hydrogen-bond donors (Lipinski definition) is 1. The molecule has 56 heavy (non-hydrogen) atoms. The Balaban J connectivity index is 0. The van der Waals surface area contributed by atoms with Gasteiger partial charge in [0.2, 0.25) is 0 Å². The molecule has 3 unspecified atom stereocenters. The van der Waals surface area contributed by atoms with E-state index in [0.717, 1.165) is 38.5 Å². The molecule has 0 aromatic carbocycles. The van der Waals surface area contributed by atoms with Crippen molar-refractivity contribution in [3.8, 4) is 0 Å². The van der Waals surface area contributed by atoms with Gasteiger partial charge in [-0.15, -0.1) is 0 Å². The second-order valence-electron chi connectivity index (χ2n) is 17.9. The number of carboxylic acids is 1. The van der Waals surface area contributed by atoms with Crippen LogP contribution >= 0.6 is 0 Å². The van der Waals surface area contributed by atoms with E-state index in [1.54, 1.807) is 0 Å². The molecule has 0 heterocycles. The molecule has 4 heteroatoms. The molecule has 0 aliphatic carbocycles. The van der Waals surface area contributed by atoms with Gasteiger partial charge in [-0.05, 0) is 37.5 Å². The predicted octanol–water partition coefficient (Wildman–Crippen LogP) is 18.2. The van der Waals surface area contributed by atoms with Gasteiger partial charge in [0.1, 0.15) is 0 Å². The summed E-state index contributed by atoms with van der Waals surface area (Å²) in [6.07, 6.45) is 51.3.